The Hall–Kier alpha value is -1.13. The topological polar surface area (TPSA) is 110 Å². The van der Waals surface area contributed by atoms with Crippen LogP contribution in [0.2, 0.25) is 0 Å². The van der Waals surface area contributed by atoms with Crippen LogP contribution in [0.3, 0.4) is 0 Å². The van der Waals surface area contributed by atoms with Crippen molar-refractivity contribution < 1.29 is 0 Å². The Bertz CT molecular complexity index is 275. The van der Waals surface area contributed by atoms with Crippen LogP contribution in [0.1, 0.15) is 19.3 Å². The van der Waals surface area contributed by atoms with Gasteiger partial charge in [0.15, 0.2) is 11.4 Å². The highest BCUT2D eigenvalue weighted by Crippen LogP contribution is 2.04. The molecule has 8 heteroatoms. The molecule has 0 aliphatic heterocycles. The van der Waals surface area contributed by atoms with E-state index in [-0.39, 0.29) is 17.6 Å². The predicted octanol–water partition coefficient (Wildman–Crippen LogP) is 0.851. The fourth-order valence-corrected chi connectivity index (χ4v) is 1.59. The number of hydrogen-bond acceptors (Lipinski definition) is 4. The lowest BCUT2D eigenvalue weighted by Crippen LogP contribution is -2.34. The summed E-state index contributed by atoms with van der Waals surface area (Å²) in [6, 6.07) is 0. The second kappa shape index (κ2) is 12.9. The van der Waals surface area contributed by atoms with Gasteiger partial charge in [-0.25, -0.2) is 0 Å². The molecular weight excluding hydrogens is 260 g/mol. The van der Waals surface area contributed by atoms with Crippen molar-refractivity contribution in [2.45, 2.75) is 19.3 Å². The summed E-state index contributed by atoms with van der Waals surface area (Å²) in [5.74, 6) is 1.39. The molecule has 5 N–H and O–H groups in total. The first-order chi connectivity index (χ1) is 7.70. The molecule has 0 aliphatic rings. The second-order valence-electron chi connectivity index (χ2n) is 3.01. The predicted molar refractivity (Wildman–Crippen MR) is 75.6 cm³/mol. The number of unbranched alkanes of at least 4 members (excludes halogenated alkanes) is 2. The Labute approximate surface area is 112 Å². The van der Waals surface area contributed by atoms with Crippen molar-refractivity contribution in [2.24, 2.45) is 10.7 Å². The number of amidine groups is 1. The van der Waals surface area contributed by atoms with E-state index in [1.807, 2.05) is 6.19 Å². The number of guanidine groups is 1. The zero-order valence-electron chi connectivity index (χ0n) is 9.82. The van der Waals surface area contributed by atoms with Gasteiger partial charge in [0.2, 0.25) is 5.96 Å². The number of aliphatic imine (C=N–C) groups is 1. The van der Waals surface area contributed by atoms with Gasteiger partial charge in [-0.05, 0) is 12.8 Å². The Kier molecular flexibility index (Phi) is 13.9. The molecule has 0 bridgehead atoms. The summed E-state index contributed by atoms with van der Waals surface area (Å²) >= 11 is 1.37. The van der Waals surface area contributed by atoms with Gasteiger partial charge in [0.25, 0.3) is 0 Å². The normalized spacial score (nSPS) is 10.0. The number of rotatable bonds is 6. The molecule has 0 radical (unpaired) electrons. The van der Waals surface area contributed by atoms with E-state index < -0.39 is 0 Å². The van der Waals surface area contributed by atoms with Crippen LogP contribution in [0.4, 0.5) is 0 Å². The molecule has 98 valence electrons. The molecule has 0 saturated heterocycles. The van der Waals surface area contributed by atoms with Crippen molar-refractivity contribution in [3.8, 4) is 6.19 Å². The maximum Gasteiger partial charge on any atom is 0.204 e. The first-order valence-corrected chi connectivity index (χ1v) is 6.02. The minimum absolute atomic E-state index is 0. The number of nitrogens with zero attached hydrogens (tertiary/aromatic N) is 2. The highest BCUT2D eigenvalue weighted by Gasteiger charge is 1.95. The number of thioether (sulfide) groups is 1. The summed E-state index contributed by atoms with van der Waals surface area (Å²) in [6.07, 6.45) is 4.92. The Morgan fingerprint density at radius 3 is 2.71 bits per heavy atom. The van der Waals surface area contributed by atoms with Crippen LogP contribution >= 0.6 is 24.2 Å². The Balaban J connectivity index is 0. The third-order valence-corrected chi connectivity index (χ3v) is 2.57. The largest absolute Gasteiger partial charge is 0.379 e. The van der Waals surface area contributed by atoms with Crippen LogP contribution in [0.5, 0.6) is 0 Å². The van der Waals surface area contributed by atoms with E-state index in [9.17, 15) is 0 Å². The minimum Gasteiger partial charge on any atom is -0.379 e. The summed E-state index contributed by atoms with van der Waals surface area (Å²) in [5.41, 5.74) is 5.20. The third-order valence-electron chi connectivity index (χ3n) is 1.77. The zero-order valence-corrected chi connectivity index (χ0v) is 11.5. The van der Waals surface area contributed by atoms with E-state index in [1.165, 1.54) is 11.8 Å². The minimum atomic E-state index is 0. The van der Waals surface area contributed by atoms with Crippen molar-refractivity contribution in [3.63, 3.8) is 0 Å². The Morgan fingerprint density at radius 1 is 1.47 bits per heavy atom. The van der Waals surface area contributed by atoms with Gasteiger partial charge in [0, 0.05) is 19.3 Å². The van der Waals surface area contributed by atoms with E-state index >= 15 is 0 Å². The lowest BCUT2D eigenvalue weighted by Gasteiger charge is -2.06. The fourth-order valence-electron chi connectivity index (χ4n) is 1.02. The number of nitrogens with two attached hydrogens (primary N) is 1. The van der Waals surface area contributed by atoms with Crippen LogP contribution in [-0.2, 0) is 0 Å². The third kappa shape index (κ3) is 12.8. The van der Waals surface area contributed by atoms with Gasteiger partial charge in [-0.15, -0.1) is 12.4 Å². The molecule has 0 spiro atoms. The van der Waals surface area contributed by atoms with Gasteiger partial charge >= 0.3 is 0 Å². The second-order valence-corrected chi connectivity index (χ2v) is 4.15. The van der Waals surface area contributed by atoms with Crippen LogP contribution in [0, 0.1) is 16.9 Å². The van der Waals surface area contributed by atoms with Crippen molar-refractivity contribution in [2.75, 3.05) is 19.3 Å². The van der Waals surface area contributed by atoms with E-state index in [2.05, 4.69) is 15.6 Å². The maximum atomic E-state index is 8.38. The quantitative estimate of drug-likeness (QED) is 0.189. The highest BCUT2D eigenvalue weighted by atomic mass is 35.5. The molecule has 0 unspecified atom stereocenters. The number of nitriles is 1. The summed E-state index contributed by atoms with van der Waals surface area (Å²) in [7, 11) is 1.62. The molecule has 0 amide bonds. The molecule has 0 fully saturated rings. The first kappa shape index (κ1) is 18.2. The smallest absolute Gasteiger partial charge is 0.204 e. The summed E-state index contributed by atoms with van der Waals surface area (Å²) < 4.78 is 0. The fraction of sp³-hybridized carbons (Fsp3) is 0.667. The molecular formula is C9H19ClN6S. The van der Waals surface area contributed by atoms with Crippen molar-refractivity contribution >= 4 is 35.3 Å². The van der Waals surface area contributed by atoms with Crippen LogP contribution in [-0.4, -0.2) is 30.5 Å². The monoisotopic (exact) mass is 278 g/mol. The molecule has 0 aromatic rings. The summed E-state index contributed by atoms with van der Waals surface area (Å²) in [6.45, 7) is 0.784. The molecule has 0 saturated carbocycles. The molecule has 0 rings (SSSR count). The SMILES string of the molecule is C/N=C(/NC#N)NCCCCCSC(=N)N.Cl. The molecule has 0 aromatic carbocycles. The van der Waals surface area contributed by atoms with E-state index in [0.717, 1.165) is 31.6 Å². The first-order valence-electron chi connectivity index (χ1n) is 5.03. The lowest BCUT2D eigenvalue weighted by molar-refractivity contribution is 0.694. The molecule has 0 atom stereocenters. The summed E-state index contributed by atoms with van der Waals surface area (Å²) in [4.78, 5) is 3.86. The summed E-state index contributed by atoms with van der Waals surface area (Å²) in [5, 5.41) is 21.0. The average molecular weight is 279 g/mol. The van der Waals surface area contributed by atoms with Gasteiger partial charge in [0.05, 0.1) is 0 Å². The molecule has 17 heavy (non-hydrogen) atoms. The van der Waals surface area contributed by atoms with Crippen LogP contribution in [0.15, 0.2) is 4.99 Å². The zero-order chi connectivity index (χ0) is 12.2. The van der Waals surface area contributed by atoms with E-state index in [1.54, 1.807) is 7.05 Å². The van der Waals surface area contributed by atoms with Crippen LogP contribution in [0.25, 0.3) is 0 Å². The number of hydrogen-bond donors (Lipinski definition) is 4. The van der Waals surface area contributed by atoms with Crippen molar-refractivity contribution in [1.82, 2.24) is 10.6 Å². The lowest BCUT2D eigenvalue weighted by atomic mass is 10.2. The van der Waals surface area contributed by atoms with Gasteiger partial charge in [-0.2, -0.15) is 5.26 Å². The molecule has 0 heterocycles. The van der Waals surface area contributed by atoms with Gasteiger partial charge in [-0.3, -0.25) is 15.7 Å². The number of nitrogens with one attached hydrogen (secondary N) is 3. The number of halogens is 1. The van der Waals surface area contributed by atoms with Crippen molar-refractivity contribution in [3.05, 3.63) is 0 Å². The maximum absolute atomic E-state index is 8.38. The average Bonchev–Trinajstić information content (AvgIpc) is 2.26. The molecule has 6 nitrogen and oxygen atoms in total. The molecule has 0 aromatic heterocycles. The highest BCUT2D eigenvalue weighted by molar-refractivity contribution is 8.13. The van der Waals surface area contributed by atoms with Crippen LogP contribution < -0.4 is 16.4 Å². The standard InChI is InChI=1S/C9H18N6S.ClH/c1-13-9(15-7-10)14-5-3-2-4-6-16-8(11)12;/h2-6H2,1H3,(H3,11,12)(H2,13,14,15);1H. The molecule has 0 aliphatic carbocycles. The van der Waals surface area contributed by atoms with Gasteiger partial charge < -0.3 is 11.1 Å². The van der Waals surface area contributed by atoms with E-state index in [0.29, 0.717) is 5.96 Å². The van der Waals surface area contributed by atoms with E-state index in [4.69, 9.17) is 16.4 Å². The van der Waals surface area contributed by atoms with Gasteiger partial charge in [0.1, 0.15) is 0 Å². The van der Waals surface area contributed by atoms with Crippen molar-refractivity contribution in [1.29, 1.82) is 10.7 Å². The Morgan fingerprint density at radius 2 is 2.18 bits per heavy atom. The van der Waals surface area contributed by atoms with Gasteiger partial charge in [-0.1, -0.05) is 18.2 Å².